The van der Waals surface area contributed by atoms with Crippen molar-refractivity contribution in [3.05, 3.63) is 53.7 Å². The summed E-state index contributed by atoms with van der Waals surface area (Å²) in [6.45, 7) is 5.77. The van der Waals surface area contributed by atoms with Crippen LogP contribution in [0.5, 0.6) is 5.75 Å². The van der Waals surface area contributed by atoms with Crippen molar-refractivity contribution in [2.24, 2.45) is 0 Å². The first-order chi connectivity index (χ1) is 10.3. The number of hydrogen-bond donors (Lipinski definition) is 1. The van der Waals surface area contributed by atoms with Gasteiger partial charge >= 0.3 is 0 Å². The quantitative estimate of drug-likeness (QED) is 0.778. The molecule has 1 aromatic carbocycles. The molecule has 2 aromatic rings. The monoisotopic (exact) mass is 284 g/mol. The van der Waals surface area contributed by atoms with Crippen molar-refractivity contribution in [1.29, 1.82) is 0 Å². The van der Waals surface area contributed by atoms with Crippen LogP contribution < -0.4 is 10.1 Å². The van der Waals surface area contributed by atoms with Crippen LogP contribution >= 0.6 is 0 Å². The van der Waals surface area contributed by atoms with E-state index in [4.69, 9.17) is 4.74 Å². The van der Waals surface area contributed by atoms with E-state index in [-0.39, 0.29) is 0 Å². The van der Waals surface area contributed by atoms with Gasteiger partial charge in [0.15, 0.2) is 0 Å². The molecule has 0 unspecified atom stereocenters. The Bertz CT molecular complexity index is 537. The summed E-state index contributed by atoms with van der Waals surface area (Å²) in [6.07, 6.45) is 3.38. The summed E-state index contributed by atoms with van der Waals surface area (Å²) in [7, 11) is 0. The average molecular weight is 284 g/mol. The lowest BCUT2D eigenvalue weighted by Gasteiger charge is -2.09. The Kier molecular flexibility index (Phi) is 6.07. The maximum absolute atomic E-state index is 5.79. The fraction of sp³-hybridized carbons (Fsp3) is 0.389. The molecular weight excluding hydrogens is 260 g/mol. The minimum atomic E-state index is 0.495. The lowest BCUT2D eigenvalue weighted by atomic mass is 10.1. The number of anilines is 1. The molecule has 0 aliphatic heterocycles. The first-order valence-corrected chi connectivity index (χ1v) is 7.73. The largest absolute Gasteiger partial charge is 0.487 e. The number of hydrogen-bond acceptors (Lipinski definition) is 3. The SMILES string of the molecule is CCCNc1cccc(COc2ccc(CCC)cc2)n1. The predicted molar refractivity (Wildman–Crippen MR) is 87.8 cm³/mol. The number of aryl methyl sites for hydroxylation is 1. The molecule has 0 spiro atoms. The van der Waals surface area contributed by atoms with Crippen LogP contribution in [0, 0.1) is 0 Å². The summed E-state index contributed by atoms with van der Waals surface area (Å²) in [5, 5.41) is 3.29. The Morgan fingerprint density at radius 1 is 1.00 bits per heavy atom. The Labute approximate surface area is 127 Å². The minimum Gasteiger partial charge on any atom is -0.487 e. The normalized spacial score (nSPS) is 10.4. The van der Waals surface area contributed by atoms with E-state index in [1.807, 2.05) is 30.3 Å². The van der Waals surface area contributed by atoms with Crippen molar-refractivity contribution >= 4 is 5.82 Å². The highest BCUT2D eigenvalue weighted by Crippen LogP contribution is 2.15. The molecular formula is C18H24N2O. The van der Waals surface area contributed by atoms with Gasteiger partial charge in [-0.2, -0.15) is 0 Å². The summed E-state index contributed by atoms with van der Waals surface area (Å²) in [6, 6.07) is 14.3. The van der Waals surface area contributed by atoms with E-state index < -0.39 is 0 Å². The molecule has 0 saturated carbocycles. The molecule has 2 rings (SSSR count). The van der Waals surface area contributed by atoms with Crippen molar-refractivity contribution in [1.82, 2.24) is 4.98 Å². The lowest BCUT2D eigenvalue weighted by molar-refractivity contribution is 0.301. The molecule has 0 radical (unpaired) electrons. The van der Waals surface area contributed by atoms with Gasteiger partial charge in [0.1, 0.15) is 18.2 Å². The van der Waals surface area contributed by atoms with Gasteiger partial charge in [-0.25, -0.2) is 4.98 Å². The molecule has 3 heteroatoms. The average Bonchev–Trinajstić information content (AvgIpc) is 2.53. The van der Waals surface area contributed by atoms with Crippen LogP contribution in [0.25, 0.3) is 0 Å². The van der Waals surface area contributed by atoms with Gasteiger partial charge in [0.05, 0.1) is 5.69 Å². The Morgan fingerprint density at radius 2 is 1.81 bits per heavy atom. The van der Waals surface area contributed by atoms with Gasteiger partial charge in [-0.1, -0.05) is 38.5 Å². The van der Waals surface area contributed by atoms with Crippen molar-refractivity contribution in [2.75, 3.05) is 11.9 Å². The zero-order chi connectivity index (χ0) is 14.9. The summed E-state index contributed by atoms with van der Waals surface area (Å²) >= 11 is 0. The zero-order valence-electron chi connectivity index (χ0n) is 12.9. The van der Waals surface area contributed by atoms with Crippen molar-refractivity contribution in [2.45, 2.75) is 39.7 Å². The standard InChI is InChI=1S/C18H24N2O/c1-3-6-15-9-11-17(12-10-15)21-14-16-7-5-8-18(20-16)19-13-4-2/h5,7-12H,3-4,6,13-14H2,1-2H3,(H,19,20). The number of benzene rings is 1. The Balaban J connectivity index is 1.90. The number of pyridine rings is 1. The summed E-state index contributed by atoms with van der Waals surface area (Å²) in [4.78, 5) is 4.54. The number of nitrogens with zero attached hydrogens (tertiary/aromatic N) is 1. The third-order valence-corrected chi connectivity index (χ3v) is 3.21. The van der Waals surface area contributed by atoms with E-state index in [9.17, 15) is 0 Å². The van der Waals surface area contributed by atoms with Crippen LogP contribution in [-0.4, -0.2) is 11.5 Å². The van der Waals surface area contributed by atoms with Gasteiger partial charge in [-0.3, -0.25) is 0 Å². The van der Waals surface area contributed by atoms with Crippen LogP contribution in [0.4, 0.5) is 5.82 Å². The minimum absolute atomic E-state index is 0.495. The second-order valence-electron chi connectivity index (χ2n) is 5.12. The van der Waals surface area contributed by atoms with Crippen LogP contribution in [0.3, 0.4) is 0 Å². The highest BCUT2D eigenvalue weighted by molar-refractivity contribution is 5.35. The number of aromatic nitrogens is 1. The molecule has 0 atom stereocenters. The first-order valence-electron chi connectivity index (χ1n) is 7.73. The lowest BCUT2D eigenvalue weighted by Crippen LogP contribution is -2.04. The second kappa shape index (κ2) is 8.30. The number of ether oxygens (including phenoxy) is 1. The van der Waals surface area contributed by atoms with Gasteiger partial charge in [0.25, 0.3) is 0 Å². The maximum atomic E-state index is 5.79. The third kappa shape index (κ3) is 5.10. The molecule has 0 aliphatic rings. The van der Waals surface area contributed by atoms with Crippen LogP contribution in [0.15, 0.2) is 42.5 Å². The van der Waals surface area contributed by atoms with Crippen molar-refractivity contribution in [3.8, 4) is 5.75 Å². The van der Waals surface area contributed by atoms with E-state index >= 15 is 0 Å². The highest BCUT2D eigenvalue weighted by atomic mass is 16.5. The molecule has 0 amide bonds. The molecule has 0 aliphatic carbocycles. The van der Waals surface area contributed by atoms with Gasteiger partial charge in [-0.15, -0.1) is 0 Å². The number of nitrogens with one attached hydrogen (secondary N) is 1. The molecule has 0 saturated heterocycles. The molecule has 0 bridgehead atoms. The van der Waals surface area contributed by atoms with Gasteiger partial charge in [0.2, 0.25) is 0 Å². The Morgan fingerprint density at radius 3 is 2.52 bits per heavy atom. The molecule has 112 valence electrons. The van der Waals surface area contributed by atoms with Crippen LogP contribution in [0.1, 0.15) is 37.9 Å². The molecule has 1 heterocycles. The number of rotatable bonds is 8. The van der Waals surface area contributed by atoms with E-state index in [0.717, 1.165) is 36.6 Å². The van der Waals surface area contributed by atoms with Gasteiger partial charge in [0, 0.05) is 6.54 Å². The Hall–Kier alpha value is -2.03. The van der Waals surface area contributed by atoms with Crippen molar-refractivity contribution in [3.63, 3.8) is 0 Å². The molecule has 21 heavy (non-hydrogen) atoms. The zero-order valence-corrected chi connectivity index (χ0v) is 12.9. The molecule has 0 fully saturated rings. The van der Waals surface area contributed by atoms with Crippen LogP contribution in [0.2, 0.25) is 0 Å². The fourth-order valence-electron chi connectivity index (χ4n) is 2.11. The highest BCUT2D eigenvalue weighted by Gasteiger charge is 2.00. The third-order valence-electron chi connectivity index (χ3n) is 3.21. The fourth-order valence-corrected chi connectivity index (χ4v) is 2.11. The van der Waals surface area contributed by atoms with E-state index in [1.54, 1.807) is 0 Å². The smallest absolute Gasteiger partial charge is 0.130 e. The topological polar surface area (TPSA) is 34.1 Å². The van der Waals surface area contributed by atoms with E-state index in [1.165, 1.54) is 12.0 Å². The predicted octanol–water partition coefficient (Wildman–Crippen LogP) is 4.44. The summed E-state index contributed by atoms with van der Waals surface area (Å²) in [5.41, 5.74) is 2.29. The molecule has 1 aromatic heterocycles. The molecule has 3 nitrogen and oxygen atoms in total. The second-order valence-corrected chi connectivity index (χ2v) is 5.12. The first kappa shape index (κ1) is 15.4. The van der Waals surface area contributed by atoms with Gasteiger partial charge < -0.3 is 10.1 Å². The van der Waals surface area contributed by atoms with E-state index in [0.29, 0.717) is 6.61 Å². The van der Waals surface area contributed by atoms with Crippen LogP contribution in [-0.2, 0) is 13.0 Å². The molecule has 1 N–H and O–H groups in total. The van der Waals surface area contributed by atoms with Gasteiger partial charge in [-0.05, 0) is 42.7 Å². The summed E-state index contributed by atoms with van der Waals surface area (Å²) in [5.74, 6) is 1.81. The van der Waals surface area contributed by atoms with E-state index in [2.05, 4.69) is 36.3 Å². The summed E-state index contributed by atoms with van der Waals surface area (Å²) < 4.78 is 5.79. The maximum Gasteiger partial charge on any atom is 0.130 e. The van der Waals surface area contributed by atoms with Crippen molar-refractivity contribution < 1.29 is 4.74 Å².